The molecule has 1 N–H and O–H groups in total. The molecule has 2 aromatic carbocycles. The Hall–Kier alpha value is -2.09. The number of hydrogen-bond donors (Lipinski definition) is 1. The maximum absolute atomic E-state index is 12.3. The van der Waals surface area contributed by atoms with E-state index in [4.69, 9.17) is 0 Å². The molecule has 0 aromatic heterocycles. The minimum atomic E-state index is 0.0152. The van der Waals surface area contributed by atoms with Crippen LogP contribution in [0.25, 0.3) is 0 Å². The van der Waals surface area contributed by atoms with Gasteiger partial charge in [0.2, 0.25) is 5.91 Å². The van der Waals surface area contributed by atoms with Gasteiger partial charge < -0.3 is 5.32 Å². The van der Waals surface area contributed by atoms with E-state index < -0.39 is 0 Å². The summed E-state index contributed by atoms with van der Waals surface area (Å²) >= 11 is 0. The molecule has 0 radical (unpaired) electrons. The summed E-state index contributed by atoms with van der Waals surface area (Å²) in [4.78, 5) is 12.3. The lowest BCUT2D eigenvalue weighted by molar-refractivity contribution is -0.121. The number of aryl methyl sites for hydroxylation is 1. The first-order chi connectivity index (χ1) is 11.3. The summed E-state index contributed by atoms with van der Waals surface area (Å²) in [6.07, 6.45) is 1.45. The van der Waals surface area contributed by atoms with Gasteiger partial charge in [-0.15, -0.1) is 0 Å². The summed E-state index contributed by atoms with van der Waals surface area (Å²) in [7, 11) is 0. The van der Waals surface area contributed by atoms with Crippen molar-refractivity contribution in [3.8, 4) is 0 Å². The molecule has 0 aliphatic heterocycles. The van der Waals surface area contributed by atoms with E-state index in [-0.39, 0.29) is 17.4 Å². The average Bonchev–Trinajstić information content (AvgIpc) is 2.54. The Morgan fingerprint density at radius 3 is 2.00 bits per heavy atom. The standard InChI is InChI=1S/C22H29NO/c1-6-17-7-9-18(10-8-17)15-21(24)23-16(2)19-11-13-20(14-12-19)22(3,4)5/h7-14,16H,6,15H2,1-5H3,(H,23,24)/t16-/m0/s1. The van der Waals surface area contributed by atoms with E-state index in [0.29, 0.717) is 6.42 Å². The monoisotopic (exact) mass is 323 g/mol. The van der Waals surface area contributed by atoms with Gasteiger partial charge in [-0.25, -0.2) is 0 Å². The first kappa shape index (κ1) is 18.3. The zero-order chi connectivity index (χ0) is 17.7. The summed E-state index contributed by atoms with van der Waals surface area (Å²) < 4.78 is 0. The van der Waals surface area contributed by atoms with Crippen LogP contribution in [-0.4, -0.2) is 5.91 Å². The highest BCUT2D eigenvalue weighted by molar-refractivity contribution is 5.79. The zero-order valence-electron chi connectivity index (χ0n) is 15.5. The van der Waals surface area contributed by atoms with E-state index in [2.05, 4.69) is 69.4 Å². The molecule has 0 saturated heterocycles. The van der Waals surface area contributed by atoms with Crippen LogP contribution in [0.4, 0.5) is 0 Å². The molecule has 2 rings (SSSR count). The highest BCUT2D eigenvalue weighted by atomic mass is 16.1. The predicted molar refractivity (Wildman–Crippen MR) is 101 cm³/mol. The molecule has 0 fully saturated rings. The fourth-order valence-electron chi connectivity index (χ4n) is 2.73. The maximum Gasteiger partial charge on any atom is 0.224 e. The van der Waals surface area contributed by atoms with Crippen LogP contribution in [-0.2, 0) is 23.1 Å². The van der Waals surface area contributed by atoms with Gasteiger partial charge in [-0.2, -0.15) is 0 Å². The molecule has 0 unspecified atom stereocenters. The Bertz CT molecular complexity index is 663. The molecule has 0 saturated carbocycles. The number of amides is 1. The maximum atomic E-state index is 12.3. The summed E-state index contributed by atoms with van der Waals surface area (Å²) in [5.74, 6) is 0.0617. The number of benzene rings is 2. The minimum absolute atomic E-state index is 0.0152. The van der Waals surface area contributed by atoms with Crippen LogP contribution in [0.1, 0.15) is 62.9 Å². The minimum Gasteiger partial charge on any atom is -0.349 e. The van der Waals surface area contributed by atoms with Crippen LogP contribution in [0.2, 0.25) is 0 Å². The second-order valence-electron chi connectivity index (χ2n) is 7.51. The Morgan fingerprint density at radius 1 is 0.958 bits per heavy atom. The molecule has 0 aliphatic carbocycles. The Kier molecular flexibility index (Phi) is 5.82. The Morgan fingerprint density at radius 2 is 1.50 bits per heavy atom. The molecule has 2 nitrogen and oxygen atoms in total. The van der Waals surface area contributed by atoms with Crippen molar-refractivity contribution in [2.24, 2.45) is 0 Å². The van der Waals surface area contributed by atoms with E-state index >= 15 is 0 Å². The average molecular weight is 323 g/mol. The zero-order valence-corrected chi connectivity index (χ0v) is 15.5. The lowest BCUT2D eigenvalue weighted by Crippen LogP contribution is -2.28. The van der Waals surface area contributed by atoms with Crippen LogP contribution >= 0.6 is 0 Å². The van der Waals surface area contributed by atoms with Crippen LogP contribution < -0.4 is 5.32 Å². The molecule has 0 heterocycles. The number of carbonyl (C=O) groups is 1. The molecule has 0 bridgehead atoms. The van der Waals surface area contributed by atoms with E-state index in [9.17, 15) is 4.79 Å². The quantitative estimate of drug-likeness (QED) is 0.827. The van der Waals surface area contributed by atoms with E-state index in [1.54, 1.807) is 0 Å². The largest absolute Gasteiger partial charge is 0.349 e. The van der Waals surface area contributed by atoms with Gasteiger partial charge in [0, 0.05) is 0 Å². The molecule has 24 heavy (non-hydrogen) atoms. The first-order valence-electron chi connectivity index (χ1n) is 8.77. The molecule has 2 heteroatoms. The Labute approximate surface area is 146 Å². The third kappa shape index (κ3) is 4.95. The second-order valence-corrected chi connectivity index (χ2v) is 7.51. The van der Waals surface area contributed by atoms with Gasteiger partial charge >= 0.3 is 0 Å². The second kappa shape index (κ2) is 7.65. The van der Waals surface area contributed by atoms with E-state index in [1.165, 1.54) is 11.1 Å². The molecular formula is C22H29NO. The third-order valence-electron chi connectivity index (χ3n) is 4.45. The van der Waals surface area contributed by atoms with Crippen molar-refractivity contribution in [3.05, 3.63) is 70.8 Å². The smallest absolute Gasteiger partial charge is 0.224 e. The molecule has 1 atom stereocenters. The molecule has 1 amide bonds. The first-order valence-corrected chi connectivity index (χ1v) is 8.77. The predicted octanol–water partition coefficient (Wildman–Crippen LogP) is 4.97. The molecule has 2 aromatic rings. The highest BCUT2D eigenvalue weighted by Crippen LogP contribution is 2.23. The van der Waals surface area contributed by atoms with Crippen molar-refractivity contribution >= 4 is 5.91 Å². The topological polar surface area (TPSA) is 29.1 Å². The van der Waals surface area contributed by atoms with Gasteiger partial charge in [-0.1, -0.05) is 76.2 Å². The SMILES string of the molecule is CCc1ccc(CC(=O)N[C@@H](C)c2ccc(C(C)(C)C)cc2)cc1. The summed E-state index contributed by atoms with van der Waals surface area (Å²) in [5, 5.41) is 3.09. The van der Waals surface area contributed by atoms with Crippen LogP contribution in [0.3, 0.4) is 0 Å². The lowest BCUT2D eigenvalue weighted by Gasteiger charge is -2.20. The molecule has 128 valence electrons. The third-order valence-corrected chi connectivity index (χ3v) is 4.45. The number of carbonyl (C=O) groups excluding carboxylic acids is 1. The van der Waals surface area contributed by atoms with Crippen LogP contribution in [0, 0.1) is 0 Å². The van der Waals surface area contributed by atoms with E-state index in [0.717, 1.165) is 17.5 Å². The molecular weight excluding hydrogens is 294 g/mol. The number of rotatable bonds is 5. The number of nitrogens with one attached hydrogen (secondary N) is 1. The van der Waals surface area contributed by atoms with Gasteiger partial charge in [0.1, 0.15) is 0 Å². The Balaban J connectivity index is 1.95. The van der Waals surface area contributed by atoms with Crippen molar-refractivity contribution in [3.63, 3.8) is 0 Å². The van der Waals surface area contributed by atoms with E-state index in [1.807, 2.05) is 19.1 Å². The van der Waals surface area contributed by atoms with Gasteiger partial charge in [0.25, 0.3) is 0 Å². The summed E-state index contributed by atoms with van der Waals surface area (Å²) in [6.45, 7) is 10.8. The number of hydrogen-bond acceptors (Lipinski definition) is 1. The molecule has 0 aliphatic rings. The fourth-order valence-corrected chi connectivity index (χ4v) is 2.73. The van der Waals surface area contributed by atoms with Gasteiger partial charge in [0.15, 0.2) is 0 Å². The van der Waals surface area contributed by atoms with Crippen molar-refractivity contribution < 1.29 is 4.79 Å². The summed E-state index contributed by atoms with van der Waals surface area (Å²) in [6, 6.07) is 16.8. The van der Waals surface area contributed by atoms with Crippen LogP contribution in [0.5, 0.6) is 0 Å². The van der Waals surface area contributed by atoms with Crippen molar-refractivity contribution in [2.75, 3.05) is 0 Å². The van der Waals surface area contributed by atoms with Crippen molar-refractivity contribution in [1.29, 1.82) is 0 Å². The van der Waals surface area contributed by atoms with Gasteiger partial charge in [-0.3, -0.25) is 4.79 Å². The van der Waals surface area contributed by atoms with Crippen molar-refractivity contribution in [1.82, 2.24) is 5.32 Å². The van der Waals surface area contributed by atoms with Crippen LogP contribution in [0.15, 0.2) is 48.5 Å². The lowest BCUT2D eigenvalue weighted by atomic mass is 9.86. The summed E-state index contributed by atoms with van der Waals surface area (Å²) in [5.41, 5.74) is 4.94. The van der Waals surface area contributed by atoms with Gasteiger partial charge in [0.05, 0.1) is 12.5 Å². The normalized spacial score (nSPS) is 12.7. The van der Waals surface area contributed by atoms with Crippen molar-refractivity contribution in [2.45, 2.75) is 58.9 Å². The fraction of sp³-hybridized carbons (Fsp3) is 0.409. The molecule has 0 spiro atoms. The van der Waals surface area contributed by atoms with Gasteiger partial charge in [-0.05, 0) is 41.0 Å². The highest BCUT2D eigenvalue weighted by Gasteiger charge is 2.15.